The molecule has 1 aromatic heterocycles. The van der Waals surface area contributed by atoms with Gasteiger partial charge in [-0.05, 0) is 19.1 Å². The molecule has 1 saturated heterocycles. The highest BCUT2D eigenvalue weighted by Gasteiger charge is 2.36. The summed E-state index contributed by atoms with van der Waals surface area (Å²) in [6, 6.07) is 4.76. The summed E-state index contributed by atoms with van der Waals surface area (Å²) in [5, 5.41) is 4.01. The zero-order valence-corrected chi connectivity index (χ0v) is 13.8. The predicted octanol–water partition coefficient (Wildman–Crippen LogP) is 3.34. The number of carbonyl (C=O) groups excluding carboxylic acids is 1. The summed E-state index contributed by atoms with van der Waals surface area (Å²) in [6.45, 7) is 8.11. The number of hydrogen-bond donors (Lipinski definition) is 0. The van der Waals surface area contributed by atoms with E-state index in [4.69, 9.17) is 4.52 Å². The molecule has 1 unspecified atom stereocenters. The van der Waals surface area contributed by atoms with Crippen LogP contribution in [0.3, 0.4) is 0 Å². The van der Waals surface area contributed by atoms with Gasteiger partial charge in [0.05, 0.1) is 5.92 Å². The zero-order valence-electron chi connectivity index (χ0n) is 13.8. The summed E-state index contributed by atoms with van der Waals surface area (Å²) in [6.07, 6.45) is 0.293. The summed E-state index contributed by atoms with van der Waals surface area (Å²) < 4.78 is 19.1. The summed E-state index contributed by atoms with van der Waals surface area (Å²) in [7, 11) is 0. The van der Waals surface area contributed by atoms with Crippen LogP contribution in [-0.4, -0.2) is 22.6 Å². The first-order valence-electron chi connectivity index (χ1n) is 7.67. The SMILES string of the molecule is Cc1c(F)cccc1N1CC(c2nc(C(C)(C)C)no2)CC1=O. The van der Waals surface area contributed by atoms with E-state index in [-0.39, 0.29) is 23.1 Å². The molecule has 1 amide bonds. The van der Waals surface area contributed by atoms with Crippen LogP contribution in [0, 0.1) is 12.7 Å². The Labute approximate surface area is 134 Å². The fraction of sp³-hybridized carbons (Fsp3) is 0.471. The van der Waals surface area contributed by atoms with Gasteiger partial charge in [0, 0.05) is 29.6 Å². The summed E-state index contributed by atoms with van der Waals surface area (Å²) in [5.74, 6) is 0.569. The summed E-state index contributed by atoms with van der Waals surface area (Å²) in [5.41, 5.74) is 0.874. The highest BCUT2D eigenvalue weighted by molar-refractivity contribution is 5.97. The second-order valence-electron chi connectivity index (χ2n) is 7.00. The molecular formula is C17H20FN3O2. The average Bonchev–Trinajstić information content (AvgIpc) is 3.08. The molecule has 0 spiro atoms. The first-order valence-corrected chi connectivity index (χ1v) is 7.67. The van der Waals surface area contributed by atoms with E-state index in [1.807, 2.05) is 20.8 Å². The van der Waals surface area contributed by atoms with E-state index in [9.17, 15) is 9.18 Å². The Hall–Kier alpha value is -2.24. The average molecular weight is 317 g/mol. The molecule has 0 radical (unpaired) electrons. The van der Waals surface area contributed by atoms with Crippen molar-refractivity contribution in [2.24, 2.45) is 0 Å². The number of anilines is 1. The number of nitrogens with zero attached hydrogens (tertiary/aromatic N) is 3. The third-order valence-electron chi connectivity index (χ3n) is 4.12. The minimum atomic E-state index is -0.313. The molecule has 23 heavy (non-hydrogen) atoms. The van der Waals surface area contributed by atoms with Crippen molar-refractivity contribution in [2.75, 3.05) is 11.4 Å². The first-order chi connectivity index (χ1) is 10.8. The van der Waals surface area contributed by atoms with E-state index in [0.717, 1.165) is 0 Å². The number of benzene rings is 1. The minimum Gasteiger partial charge on any atom is -0.339 e. The predicted molar refractivity (Wildman–Crippen MR) is 83.8 cm³/mol. The maximum atomic E-state index is 13.7. The molecule has 1 fully saturated rings. The fourth-order valence-electron chi connectivity index (χ4n) is 2.70. The minimum absolute atomic E-state index is 0.0563. The maximum absolute atomic E-state index is 13.7. The maximum Gasteiger partial charge on any atom is 0.232 e. The van der Waals surface area contributed by atoms with Crippen LogP contribution in [0.25, 0.3) is 0 Å². The van der Waals surface area contributed by atoms with Crippen molar-refractivity contribution in [2.45, 2.75) is 45.4 Å². The number of hydrogen-bond acceptors (Lipinski definition) is 4. The quantitative estimate of drug-likeness (QED) is 0.852. The number of carbonyl (C=O) groups is 1. The van der Waals surface area contributed by atoms with Crippen LogP contribution in [0.15, 0.2) is 22.7 Å². The van der Waals surface area contributed by atoms with E-state index < -0.39 is 0 Å². The molecule has 1 aliphatic heterocycles. The van der Waals surface area contributed by atoms with E-state index in [2.05, 4.69) is 10.1 Å². The summed E-state index contributed by atoms with van der Waals surface area (Å²) in [4.78, 5) is 18.4. The van der Waals surface area contributed by atoms with Crippen molar-refractivity contribution in [3.63, 3.8) is 0 Å². The molecule has 2 heterocycles. The van der Waals surface area contributed by atoms with Crippen LogP contribution in [0.2, 0.25) is 0 Å². The van der Waals surface area contributed by atoms with Crippen molar-refractivity contribution in [3.05, 3.63) is 41.3 Å². The number of aromatic nitrogens is 2. The van der Waals surface area contributed by atoms with Crippen LogP contribution in [-0.2, 0) is 10.2 Å². The van der Waals surface area contributed by atoms with Gasteiger partial charge < -0.3 is 9.42 Å². The van der Waals surface area contributed by atoms with Gasteiger partial charge in [0.15, 0.2) is 5.82 Å². The van der Waals surface area contributed by atoms with Gasteiger partial charge in [0.25, 0.3) is 0 Å². The Morgan fingerprint density at radius 3 is 2.74 bits per heavy atom. The second-order valence-corrected chi connectivity index (χ2v) is 7.00. The van der Waals surface area contributed by atoms with Crippen molar-refractivity contribution in [1.82, 2.24) is 10.1 Å². The Kier molecular flexibility index (Phi) is 3.70. The lowest BCUT2D eigenvalue weighted by Gasteiger charge is -2.18. The van der Waals surface area contributed by atoms with Crippen molar-refractivity contribution in [1.29, 1.82) is 0 Å². The first kappa shape index (κ1) is 15.6. The van der Waals surface area contributed by atoms with Crippen LogP contribution < -0.4 is 4.90 Å². The fourth-order valence-corrected chi connectivity index (χ4v) is 2.70. The van der Waals surface area contributed by atoms with Crippen LogP contribution in [0.4, 0.5) is 10.1 Å². The summed E-state index contributed by atoms with van der Waals surface area (Å²) >= 11 is 0. The molecule has 2 aromatic rings. The van der Waals surface area contributed by atoms with Crippen LogP contribution in [0.1, 0.15) is 50.4 Å². The molecule has 5 nitrogen and oxygen atoms in total. The molecule has 0 N–H and O–H groups in total. The molecule has 0 saturated carbocycles. The molecular weight excluding hydrogens is 297 g/mol. The van der Waals surface area contributed by atoms with Gasteiger partial charge in [-0.15, -0.1) is 0 Å². The zero-order chi connectivity index (χ0) is 16.8. The lowest BCUT2D eigenvalue weighted by molar-refractivity contribution is -0.117. The standard InChI is InChI=1S/C17H20FN3O2/c1-10-12(18)6-5-7-13(10)21-9-11(8-14(21)22)15-19-16(20-23-15)17(2,3)4/h5-7,11H,8-9H2,1-4H3. The topological polar surface area (TPSA) is 59.2 Å². The van der Waals surface area contributed by atoms with Gasteiger partial charge in [-0.2, -0.15) is 4.98 Å². The smallest absolute Gasteiger partial charge is 0.232 e. The lowest BCUT2D eigenvalue weighted by Crippen LogP contribution is -2.25. The van der Waals surface area contributed by atoms with E-state index in [1.54, 1.807) is 24.0 Å². The van der Waals surface area contributed by atoms with Crippen molar-refractivity contribution >= 4 is 11.6 Å². The molecule has 0 aliphatic carbocycles. The normalized spacial score (nSPS) is 18.7. The lowest BCUT2D eigenvalue weighted by atomic mass is 9.96. The molecule has 1 atom stereocenters. The van der Waals surface area contributed by atoms with Gasteiger partial charge in [0.2, 0.25) is 11.8 Å². The molecule has 6 heteroatoms. The molecule has 0 bridgehead atoms. The number of rotatable bonds is 2. The Morgan fingerprint density at radius 1 is 1.35 bits per heavy atom. The van der Waals surface area contributed by atoms with Gasteiger partial charge in [-0.1, -0.05) is 32.0 Å². The molecule has 1 aromatic carbocycles. The van der Waals surface area contributed by atoms with Gasteiger partial charge in [-0.25, -0.2) is 4.39 Å². The van der Waals surface area contributed by atoms with Gasteiger partial charge in [-0.3, -0.25) is 4.79 Å². The number of amides is 1. The van der Waals surface area contributed by atoms with Crippen molar-refractivity contribution < 1.29 is 13.7 Å². The Bertz CT molecular complexity index is 749. The third-order valence-corrected chi connectivity index (χ3v) is 4.12. The number of halogens is 1. The van der Waals surface area contributed by atoms with Crippen LogP contribution >= 0.6 is 0 Å². The highest BCUT2D eigenvalue weighted by Crippen LogP contribution is 2.34. The Balaban J connectivity index is 1.85. The third kappa shape index (κ3) is 2.85. The monoisotopic (exact) mass is 317 g/mol. The van der Waals surface area contributed by atoms with Gasteiger partial charge >= 0.3 is 0 Å². The Morgan fingerprint density at radius 2 is 2.09 bits per heavy atom. The largest absolute Gasteiger partial charge is 0.339 e. The second kappa shape index (κ2) is 5.44. The van der Waals surface area contributed by atoms with Crippen LogP contribution in [0.5, 0.6) is 0 Å². The van der Waals surface area contributed by atoms with E-state index in [1.165, 1.54) is 6.07 Å². The van der Waals surface area contributed by atoms with Crippen molar-refractivity contribution in [3.8, 4) is 0 Å². The molecule has 3 rings (SSSR count). The van der Waals surface area contributed by atoms with E-state index >= 15 is 0 Å². The molecule has 122 valence electrons. The highest BCUT2D eigenvalue weighted by atomic mass is 19.1. The molecule has 1 aliphatic rings. The van der Waals surface area contributed by atoms with Gasteiger partial charge in [0.1, 0.15) is 5.82 Å². The van der Waals surface area contributed by atoms with E-state index in [0.29, 0.717) is 35.9 Å².